The van der Waals surface area contributed by atoms with Gasteiger partial charge in [0, 0.05) is 23.9 Å². The van der Waals surface area contributed by atoms with E-state index < -0.39 is 11.8 Å². The van der Waals surface area contributed by atoms with Gasteiger partial charge in [-0.3, -0.25) is 0 Å². The number of aliphatic hydroxyl groups is 1. The molecule has 14 heavy (non-hydrogen) atoms. The van der Waals surface area contributed by atoms with Gasteiger partial charge < -0.3 is 5.11 Å². The molecule has 6 aliphatic rings. The molecule has 1 N–H and O–H groups in total. The first-order valence-electron chi connectivity index (χ1n) is 5.64. The second-order valence-corrected chi connectivity index (χ2v) is 6.14. The fourth-order valence-corrected chi connectivity index (χ4v) is 6.75. The first kappa shape index (κ1) is 7.15. The molecule has 0 aliphatic heterocycles. The Labute approximate surface area is 80.5 Å². The molecule has 6 aliphatic carbocycles. The van der Waals surface area contributed by atoms with Crippen molar-refractivity contribution in [3.8, 4) is 0 Å². The first-order valence-corrected chi connectivity index (χ1v) is 5.64. The van der Waals surface area contributed by atoms with E-state index in [1.54, 1.807) is 0 Å². The molecular weight excluding hydrogens is 186 g/mol. The Kier molecular flexibility index (Phi) is 0.755. The van der Waals surface area contributed by atoms with E-state index in [0.29, 0.717) is 17.8 Å². The molecule has 0 saturated heterocycles. The third-order valence-electron chi connectivity index (χ3n) is 6.60. The van der Waals surface area contributed by atoms with E-state index in [9.17, 15) is 13.9 Å². The molecule has 8 atom stereocenters. The van der Waals surface area contributed by atoms with Crippen molar-refractivity contribution < 1.29 is 13.9 Å². The van der Waals surface area contributed by atoms with Crippen molar-refractivity contribution in [3.63, 3.8) is 0 Å². The summed E-state index contributed by atoms with van der Waals surface area (Å²) >= 11 is 0. The van der Waals surface area contributed by atoms with Crippen molar-refractivity contribution in [2.24, 2.45) is 46.8 Å². The predicted octanol–water partition coefficient (Wildman–Crippen LogP) is 1.37. The van der Waals surface area contributed by atoms with Crippen LogP contribution in [-0.2, 0) is 0 Å². The molecule has 6 rings (SSSR count). The summed E-state index contributed by atoms with van der Waals surface area (Å²) in [6, 6.07) is 0. The second kappa shape index (κ2) is 1.48. The zero-order valence-electron chi connectivity index (χ0n) is 7.66. The lowest BCUT2D eigenvalue weighted by Crippen LogP contribution is -2.69. The van der Waals surface area contributed by atoms with E-state index in [1.165, 1.54) is 0 Å². The number of rotatable bonds is 1. The highest BCUT2D eigenvalue weighted by Crippen LogP contribution is 2.96. The third kappa shape index (κ3) is 0.329. The normalized spacial score (nSPS) is 77.8. The number of halogens is 2. The van der Waals surface area contributed by atoms with Crippen molar-refractivity contribution in [2.45, 2.75) is 12.3 Å². The lowest BCUT2D eigenvalue weighted by atomic mass is 9.34. The van der Waals surface area contributed by atoms with Gasteiger partial charge in [0.1, 0.15) is 0 Å². The van der Waals surface area contributed by atoms with Crippen molar-refractivity contribution in [2.75, 3.05) is 6.61 Å². The highest BCUT2D eigenvalue weighted by atomic mass is 19.3. The Balaban J connectivity index is 1.82. The first-order chi connectivity index (χ1) is 6.65. The Morgan fingerprint density at radius 1 is 1.21 bits per heavy atom. The van der Waals surface area contributed by atoms with Gasteiger partial charge in [-0.25, -0.2) is 8.78 Å². The number of aliphatic hydroxyl groups excluding tert-OH is 1. The van der Waals surface area contributed by atoms with Gasteiger partial charge in [0.15, 0.2) is 0 Å². The number of hydrogen-bond acceptors (Lipinski definition) is 1. The highest BCUT2D eigenvalue weighted by Gasteiger charge is 2.97. The van der Waals surface area contributed by atoms with Crippen LogP contribution in [0.1, 0.15) is 6.42 Å². The highest BCUT2D eigenvalue weighted by molar-refractivity contribution is 5.41. The summed E-state index contributed by atoms with van der Waals surface area (Å²) in [6.45, 7) is 0.0266. The largest absolute Gasteiger partial charge is 0.396 e. The van der Waals surface area contributed by atoms with Gasteiger partial charge in [0.25, 0.3) is 5.92 Å². The van der Waals surface area contributed by atoms with Crippen molar-refractivity contribution in [3.05, 3.63) is 0 Å². The fourth-order valence-electron chi connectivity index (χ4n) is 6.75. The van der Waals surface area contributed by atoms with E-state index in [0.717, 1.165) is 6.42 Å². The van der Waals surface area contributed by atoms with Crippen LogP contribution in [0.25, 0.3) is 0 Å². The lowest BCUT2D eigenvalue weighted by molar-refractivity contribution is -0.256. The van der Waals surface area contributed by atoms with E-state index in [1.807, 2.05) is 0 Å². The van der Waals surface area contributed by atoms with Gasteiger partial charge in [-0.05, 0) is 36.0 Å². The molecule has 0 aromatic heterocycles. The molecule has 76 valence electrons. The van der Waals surface area contributed by atoms with Crippen LogP contribution in [0.4, 0.5) is 8.78 Å². The van der Waals surface area contributed by atoms with Crippen molar-refractivity contribution >= 4 is 0 Å². The van der Waals surface area contributed by atoms with Crippen LogP contribution in [0.5, 0.6) is 0 Å². The van der Waals surface area contributed by atoms with Gasteiger partial charge in [-0.2, -0.15) is 0 Å². The SMILES string of the molecule is OC[C@@]12[C@@H]3[C@H]4[C@H]5[C@H](C[C@@H]41)[C@H]2C(F)(F)[C@@H]53. The molecule has 0 spiro atoms. The summed E-state index contributed by atoms with van der Waals surface area (Å²) in [5.41, 5.74) is -0.307. The molecule has 6 saturated carbocycles. The Bertz CT molecular complexity index is 368. The maximum absolute atomic E-state index is 13.9. The van der Waals surface area contributed by atoms with E-state index >= 15 is 0 Å². The van der Waals surface area contributed by atoms with Gasteiger partial charge in [-0.1, -0.05) is 0 Å². The van der Waals surface area contributed by atoms with Crippen LogP contribution in [0.15, 0.2) is 0 Å². The van der Waals surface area contributed by atoms with Crippen LogP contribution in [0, 0.1) is 46.8 Å². The Hall–Kier alpha value is -0.180. The molecule has 0 amide bonds. The van der Waals surface area contributed by atoms with Gasteiger partial charge in [0.05, 0.1) is 0 Å². The summed E-state index contributed by atoms with van der Waals surface area (Å²) in [4.78, 5) is 0. The lowest BCUT2D eigenvalue weighted by Gasteiger charge is -2.69. The van der Waals surface area contributed by atoms with E-state index in [2.05, 4.69) is 0 Å². The average Bonchev–Trinajstić information content (AvgIpc) is 2.54. The topological polar surface area (TPSA) is 20.2 Å². The van der Waals surface area contributed by atoms with Gasteiger partial charge in [0.2, 0.25) is 0 Å². The van der Waals surface area contributed by atoms with Gasteiger partial charge in [-0.15, -0.1) is 0 Å². The molecule has 0 radical (unpaired) electrons. The zero-order valence-corrected chi connectivity index (χ0v) is 7.66. The third-order valence-corrected chi connectivity index (χ3v) is 6.60. The van der Waals surface area contributed by atoms with Crippen LogP contribution in [0.3, 0.4) is 0 Å². The number of alkyl halides is 2. The van der Waals surface area contributed by atoms with Crippen LogP contribution in [0.2, 0.25) is 0 Å². The average molecular weight is 198 g/mol. The van der Waals surface area contributed by atoms with E-state index in [4.69, 9.17) is 0 Å². The van der Waals surface area contributed by atoms with E-state index in [-0.39, 0.29) is 29.8 Å². The molecule has 4 bridgehead atoms. The van der Waals surface area contributed by atoms with Gasteiger partial charge >= 0.3 is 0 Å². The fraction of sp³-hybridized carbons (Fsp3) is 1.00. The molecule has 3 heteroatoms. The van der Waals surface area contributed by atoms with Crippen LogP contribution >= 0.6 is 0 Å². The summed E-state index contributed by atoms with van der Waals surface area (Å²) in [5.74, 6) is -1.26. The molecular formula is C11H12F2O. The predicted molar refractivity (Wildman–Crippen MR) is 43.5 cm³/mol. The Morgan fingerprint density at radius 3 is 2.64 bits per heavy atom. The van der Waals surface area contributed by atoms with Crippen LogP contribution in [-0.4, -0.2) is 17.6 Å². The number of hydrogen-bond donors (Lipinski definition) is 1. The minimum atomic E-state index is -2.43. The van der Waals surface area contributed by atoms with Crippen molar-refractivity contribution in [1.29, 1.82) is 0 Å². The molecule has 0 aromatic carbocycles. The second-order valence-electron chi connectivity index (χ2n) is 6.14. The summed E-state index contributed by atoms with van der Waals surface area (Å²) in [7, 11) is 0. The van der Waals surface area contributed by atoms with Crippen molar-refractivity contribution in [1.82, 2.24) is 0 Å². The summed E-state index contributed by atoms with van der Waals surface area (Å²) < 4.78 is 27.9. The summed E-state index contributed by atoms with van der Waals surface area (Å²) in [5, 5.41) is 9.48. The monoisotopic (exact) mass is 198 g/mol. The molecule has 1 nitrogen and oxygen atoms in total. The zero-order chi connectivity index (χ0) is 9.46. The smallest absolute Gasteiger partial charge is 0.255 e. The minimum absolute atomic E-state index is 0.0266. The van der Waals surface area contributed by atoms with Crippen LogP contribution < -0.4 is 0 Å². The maximum Gasteiger partial charge on any atom is 0.255 e. The Morgan fingerprint density at radius 2 is 2.00 bits per heavy atom. The summed E-state index contributed by atoms with van der Waals surface area (Å²) in [6.07, 6.45) is 1.00. The molecule has 0 aromatic rings. The minimum Gasteiger partial charge on any atom is -0.396 e. The maximum atomic E-state index is 13.9. The molecule has 0 heterocycles. The standard InChI is InChI=1S/C11H12F2O/c12-11(13)8-5-3-1-4-6(5)7(8)10(4,2-14)9(3)11/h3-9,14H,1-2H2/t3-,4-,5+,6+,7+,8-,9+,10-/m0/s1. The molecule has 0 unspecified atom stereocenters. The molecule has 6 fully saturated rings. The quantitative estimate of drug-likeness (QED) is 0.674.